The van der Waals surface area contributed by atoms with E-state index in [2.05, 4.69) is 29.1 Å². The van der Waals surface area contributed by atoms with Gasteiger partial charge in [-0.25, -0.2) is 9.59 Å². The van der Waals surface area contributed by atoms with Gasteiger partial charge in [-0.1, -0.05) is 12.1 Å². The number of carbonyl (C=O) groups excluding carboxylic acids is 3. The van der Waals surface area contributed by atoms with Gasteiger partial charge in [-0.05, 0) is 67.1 Å². The number of amides is 3. The number of esters is 1. The molecule has 0 aromatic heterocycles. The Balaban J connectivity index is 0.00000461. The van der Waals surface area contributed by atoms with Gasteiger partial charge in [0.15, 0.2) is 11.5 Å². The zero-order valence-corrected chi connectivity index (χ0v) is 27.8. The van der Waals surface area contributed by atoms with Crippen LogP contribution in [0.2, 0.25) is 0 Å². The minimum atomic E-state index is -0.824. The van der Waals surface area contributed by atoms with Crippen LogP contribution in [0.25, 0.3) is 0 Å². The van der Waals surface area contributed by atoms with Gasteiger partial charge in [0.05, 0.1) is 45.5 Å². The molecule has 0 saturated carbocycles. The molecule has 3 atom stereocenters. The van der Waals surface area contributed by atoms with E-state index in [-0.39, 0.29) is 49.3 Å². The molecule has 1 unspecified atom stereocenters. The Bertz CT molecular complexity index is 1490. The highest BCUT2D eigenvalue weighted by Crippen LogP contribution is 2.34. The van der Waals surface area contributed by atoms with Crippen LogP contribution in [0.4, 0.5) is 10.5 Å². The number of urea groups is 1. The van der Waals surface area contributed by atoms with E-state index >= 15 is 0 Å². The van der Waals surface area contributed by atoms with Crippen LogP contribution in [0.15, 0.2) is 66.7 Å². The number of nitrogens with one attached hydrogen (secondary N) is 3. The van der Waals surface area contributed by atoms with E-state index in [4.69, 9.17) is 18.9 Å². The maximum absolute atomic E-state index is 13.6. The lowest BCUT2D eigenvalue weighted by molar-refractivity contribution is -0.911. The highest BCUT2D eigenvalue weighted by Gasteiger charge is 2.37. The molecule has 3 N–H and O–H groups in total. The Morgan fingerprint density at radius 2 is 1.69 bits per heavy atom. The molecule has 2 heterocycles. The first-order chi connectivity index (χ1) is 21.2. The molecular formula is C33H39IN4O7. The summed E-state index contributed by atoms with van der Waals surface area (Å²) in [4.78, 5) is 38.6. The number of methoxy groups -OCH3 is 1. The van der Waals surface area contributed by atoms with Gasteiger partial charge >= 0.3 is 12.0 Å². The normalized spacial score (nSPS) is 18.7. The molecule has 1 saturated heterocycles. The molecule has 3 amide bonds. The second-order valence-electron chi connectivity index (χ2n) is 11.4. The van der Waals surface area contributed by atoms with Gasteiger partial charge in [0.2, 0.25) is 12.7 Å². The third-order valence-electron chi connectivity index (χ3n) is 7.90. The third-order valence-corrected chi connectivity index (χ3v) is 7.90. The van der Waals surface area contributed by atoms with E-state index in [1.807, 2.05) is 36.4 Å². The van der Waals surface area contributed by atoms with Crippen molar-refractivity contribution in [1.29, 1.82) is 0 Å². The van der Waals surface area contributed by atoms with E-state index < -0.39 is 18.0 Å². The lowest BCUT2D eigenvalue weighted by atomic mass is 10.0. The smallest absolute Gasteiger partial charge is 0.338 e. The molecular weight excluding hydrogens is 691 g/mol. The summed E-state index contributed by atoms with van der Waals surface area (Å²) in [5, 5.41) is 8.79. The SMILES string of the molecule is CCOC(=O)c1ccc(NC(=O)N[C@@H](Cc2ccc(OC)cc2)C(=O)N[C@H]2CC[N+](C)(Cc3ccc4c(c3)OCO4)C2)cc1.[I-]. The van der Waals surface area contributed by atoms with Gasteiger partial charge in [0.25, 0.3) is 0 Å². The molecule has 0 spiro atoms. The van der Waals surface area contributed by atoms with Crippen molar-refractivity contribution in [2.75, 3.05) is 46.0 Å². The predicted molar refractivity (Wildman–Crippen MR) is 164 cm³/mol. The number of hydrogen-bond acceptors (Lipinski definition) is 7. The third kappa shape index (κ3) is 9.01. The number of likely N-dealkylation sites (N-methyl/N-ethyl adjacent to an activating group) is 1. The lowest BCUT2D eigenvalue weighted by Gasteiger charge is -2.30. The van der Waals surface area contributed by atoms with Gasteiger partial charge in [-0.2, -0.15) is 0 Å². The van der Waals surface area contributed by atoms with Crippen molar-refractivity contribution in [3.63, 3.8) is 0 Å². The number of likely N-dealkylation sites (tertiary alicyclic amines) is 1. The maximum Gasteiger partial charge on any atom is 0.338 e. The molecule has 2 aliphatic rings. The topological polar surface area (TPSA) is 124 Å². The minimum absolute atomic E-state index is 0. The first-order valence-electron chi connectivity index (χ1n) is 14.7. The average molecular weight is 731 g/mol. The first-order valence-corrected chi connectivity index (χ1v) is 14.7. The van der Waals surface area contributed by atoms with E-state index in [1.54, 1.807) is 38.3 Å². The number of nitrogens with zero attached hydrogens (tertiary/aromatic N) is 1. The molecule has 0 radical (unpaired) electrons. The van der Waals surface area contributed by atoms with Crippen LogP contribution >= 0.6 is 0 Å². The molecule has 45 heavy (non-hydrogen) atoms. The highest BCUT2D eigenvalue weighted by molar-refractivity contribution is 5.95. The summed E-state index contributed by atoms with van der Waals surface area (Å²) in [5.41, 5.74) is 2.89. The standard InChI is InChI=1S/C33H38N4O7.HI/c1-4-42-32(39)24-8-10-25(11-9-24)35-33(40)36-28(17-22-5-12-27(41-3)13-6-22)31(38)34-26-15-16-37(2,20-26)19-23-7-14-29-30(18-23)44-21-43-29;/h5-14,18,26,28H,4,15-17,19-21H2,1-3H3,(H2-,34,35,36,38,39,40);1H/t26-,28-,37?;/m0./s1. The summed E-state index contributed by atoms with van der Waals surface area (Å²) in [6.07, 6.45) is 1.11. The highest BCUT2D eigenvalue weighted by atomic mass is 127. The Hall–Kier alpha value is -4.04. The van der Waals surface area contributed by atoms with Crippen LogP contribution in [0.5, 0.6) is 17.2 Å². The van der Waals surface area contributed by atoms with Gasteiger partial charge in [0, 0.05) is 24.1 Å². The fourth-order valence-corrected chi connectivity index (χ4v) is 5.66. The van der Waals surface area contributed by atoms with Crippen molar-refractivity contribution in [2.24, 2.45) is 0 Å². The summed E-state index contributed by atoms with van der Waals surface area (Å²) >= 11 is 0. The fraction of sp³-hybridized carbons (Fsp3) is 0.364. The second-order valence-corrected chi connectivity index (χ2v) is 11.4. The zero-order valence-electron chi connectivity index (χ0n) is 25.6. The number of anilines is 1. The maximum atomic E-state index is 13.6. The van der Waals surface area contributed by atoms with Crippen LogP contribution in [0.3, 0.4) is 0 Å². The Morgan fingerprint density at radius 1 is 0.978 bits per heavy atom. The monoisotopic (exact) mass is 730 g/mol. The number of fused-ring (bicyclic) bond motifs is 1. The van der Waals surface area contributed by atoms with Crippen molar-refractivity contribution in [2.45, 2.75) is 38.4 Å². The van der Waals surface area contributed by atoms with E-state index in [1.165, 1.54) is 0 Å². The largest absolute Gasteiger partial charge is 1.00 e. The number of rotatable bonds is 11. The summed E-state index contributed by atoms with van der Waals surface area (Å²) in [6.45, 7) is 4.71. The van der Waals surface area contributed by atoms with Crippen molar-refractivity contribution in [1.82, 2.24) is 10.6 Å². The Kier molecular flexibility index (Phi) is 11.5. The van der Waals surface area contributed by atoms with E-state index in [0.29, 0.717) is 23.4 Å². The van der Waals surface area contributed by atoms with Crippen LogP contribution in [-0.2, 0) is 22.5 Å². The van der Waals surface area contributed by atoms with Crippen LogP contribution in [0.1, 0.15) is 34.8 Å². The van der Waals surface area contributed by atoms with Crippen LogP contribution < -0.4 is 54.1 Å². The van der Waals surface area contributed by atoms with Gasteiger partial charge in [0.1, 0.15) is 18.3 Å². The van der Waals surface area contributed by atoms with E-state index in [9.17, 15) is 14.4 Å². The number of benzene rings is 3. The second kappa shape index (κ2) is 15.3. The summed E-state index contributed by atoms with van der Waals surface area (Å²) in [7, 11) is 3.78. The molecule has 2 aliphatic heterocycles. The summed E-state index contributed by atoms with van der Waals surface area (Å²) in [5.74, 6) is 1.54. The van der Waals surface area contributed by atoms with Crippen LogP contribution in [0, 0.1) is 0 Å². The zero-order chi connectivity index (χ0) is 31.1. The van der Waals surface area contributed by atoms with Crippen LogP contribution in [-0.4, -0.2) is 75.1 Å². The van der Waals surface area contributed by atoms with Crippen molar-refractivity contribution in [3.05, 3.63) is 83.4 Å². The minimum Gasteiger partial charge on any atom is -1.00 e. The molecule has 240 valence electrons. The fourth-order valence-electron chi connectivity index (χ4n) is 5.66. The summed E-state index contributed by atoms with van der Waals surface area (Å²) < 4.78 is 22.0. The molecule has 12 heteroatoms. The number of quaternary nitrogens is 1. The quantitative estimate of drug-likeness (QED) is 0.152. The lowest BCUT2D eigenvalue weighted by Crippen LogP contribution is -3.00. The first kappa shape index (κ1) is 33.8. The molecule has 1 fully saturated rings. The van der Waals surface area contributed by atoms with Gasteiger partial charge in [-0.3, -0.25) is 4.79 Å². The number of ether oxygens (including phenoxy) is 4. The number of hydrogen-bond donors (Lipinski definition) is 3. The van der Waals surface area contributed by atoms with E-state index in [0.717, 1.165) is 53.2 Å². The van der Waals surface area contributed by atoms with Crippen molar-refractivity contribution >= 4 is 23.6 Å². The Morgan fingerprint density at radius 3 is 2.40 bits per heavy atom. The number of halogens is 1. The molecule has 0 bridgehead atoms. The van der Waals surface area contributed by atoms with Crippen molar-refractivity contribution < 1.29 is 61.8 Å². The molecule has 5 rings (SSSR count). The molecule has 11 nitrogen and oxygen atoms in total. The molecule has 3 aromatic carbocycles. The molecule has 0 aliphatic carbocycles. The van der Waals surface area contributed by atoms with Gasteiger partial charge < -0.3 is 63.4 Å². The summed E-state index contributed by atoms with van der Waals surface area (Å²) in [6, 6.07) is 18.4. The average Bonchev–Trinajstić information content (AvgIpc) is 3.63. The van der Waals surface area contributed by atoms with Gasteiger partial charge in [-0.15, -0.1) is 0 Å². The van der Waals surface area contributed by atoms with Crippen molar-refractivity contribution in [3.8, 4) is 17.2 Å². The molecule has 3 aromatic rings. The Labute approximate surface area is 280 Å². The predicted octanol–water partition coefficient (Wildman–Crippen LogP) is 0.873. The number of carbonyl (C=O) groups is 3.